The van der Waals surface area contributed by atoms with Crippen LogP contribution in [0.1, 0.15) is 30.9 Å². The van der Waals surface area contributed by atoms with Gasteiger partial charge in [0.25, 0.3) is 0 Å². The molecule has 2 N–H and O–H groups in total. The predicted molar refractivity (Wildman–Crippen MR) is 84.5 cm³/mol. The lowest BCUT2D eigenvalue weighted by Gasteiger charge is -2.33. The number of nitrogens with zero attached hydrogens (tertiary/aromatic N) is 1. The highest BCUT2D eigenvalue weighted by molar-refractivity contribution is 6.36. The maximum atomic E-state index is 6.29. The van der Waals surface area contributed by atoms with Gasteiger partial charge in [-0.05, 0) is 38.4 Å². The van der Waals surface area contributed by atoms with E-state index in [0.717, 1.165) is 31.6 Å². The molecule has 2 unspecified atom stereocenters. The summed E-state index contributed by atoms with van der Waals surface area (Å²) in [7, 11) is 2.05. The van der Waals surface area contributed by atoms with Crippen LogP contribution in [0.4, 0.5) is 0 Å². The molecule has 0 amide bonds. The molecule has 0 aromatic heterocycles. The molecule has 2 atom stereocenters. The van der Waals surface area contributed by atoms with Crippen molar-refractivity contribution in [3.63, 3.8) is 0 Å². The Morgan fingerprint density at radius 3 is 2.60 bits per heavy atom. The maximum absolute atomic E-state index is 6.29. The van der Waals surface area contributed by atoms with E-state index in [9.17, 15) is 0 Å². The van der Waals surface area contributed by atoms with E-state index in [2.05, 4.69) is 11.9 Å². The summed E-state index contributed by atoms with van der Waals surface area (Å²) < 4.78 is 5.79. The fraction of sp³-hybridized carbons (Fsp3) is 0.600. The van der Waals surface area contributed by atoms with Crippen LogP contribution in [-0.2, 0) is 4.74 Å². The average Bonchev–Trinajstić information content (AvgIpc) is 2.44. The molecule has 1 saturated heterocycles. The molecule has 2 rings (SSSR count). The minimum absolute atomic E-state index is 0.0155. The first-order valence-corrected chi connectivity index (χ1v) is 7.85. The second-order valence-corrected chi connectivity index (χ2v) is 6.13. The van der Waals surface area contributed by atoms with Crippen molar-refractivity contribution in [1.29, 1.82) is 0 Å². The summed E-state index contributed by atoms with van der Waals surface area (Å²) in [6, 6.07) is 5.58. The van der Waals surface area contributed by atoms with E-state index in [1.807, 2.05) is 18.2 Å². The number of ether oxygens (including phenoxy) is 1. The van der Waals surface area contributed by atoms with Crippen molar-refractivity contribution in [3.05, 3.63) is 33.8 Å². The molecule has 112 valence electrons. The molecule has 0 bridgehead atoms. The zero-order valence-electron chi connectivity index (χ0n) is 11.8. The number of rotatable bonds is 5. The third-order valence-corrected chi connectivity index (χ3v) is 4.51. The summed E-state index contributed by atoms with van der Waals surface area (Å²) in [5, 5.41) is 1.34. The SMILES string of the molecule is CN(CC1CCCCO1)C(CN)c1c(Cl)cccc1Cl. The molecular weight excluding hydrogens is 295 g/mol. The van der Waals surface area contributed by atoms with Crippen molar-refractivity contribution < 1.29 is 4.74 Å². The molecule has 0 radical (unpaired) electrons. The van der Waals surface area contributed by atoms with E-state index < -0.39 is 0 Å². The Bertz CT molecular complexity index is 416. The summed E-state index contributed by atoms with van der Waals surface area (Å²) in [5.41, 5.74) is 6.86. The zero-order chi connectivity index (χ0) is 14.5. The van der Waals surface area contributed by atoms with Gasteiger partial charge >= 0.3 is 0 Å². The van der Waals surface area contributed by atoms with Crippen LogP contribution < -0.4 is 5.73 Å². The second kappa shape index (κ2) is 7.62. The number of likely N-dealkylation sites (N-methyl/N-ethyl adjacent to an activating group) is 1. The van der Waals surface area contributed by atoms with Gasteiger partial charge in [-0.1, -0.05) is 29.3 Å². The molecule has 0 saturated carbocycles. The van der Waals surface area contributed by atoms with E-state index >= 15 is 0 Å². The van der Waals surface area contributed by atoms with Crippen LogP contribution in [0.5, 0.6) is 0 Å². The quantitative estimate of drug-likeness (QED) is 0.903. The summed E-state index contributed by atoms with van der Waals surface area (Å²) in [4.78, 5) is 2.20. The Balaban J connectivity index is 2.10. The van der Waals surface area contributed by atoms with Crippen LogP contribution >= 0.6 is 23.2 Å². The van der Waals surface area contributed by atoms with Gasteiger partial charge in [-0.3, -0.25) is 4.90 Å². The predicted octanol–water partition coefficient (Wildman–Crippen LogP) is 3.49. The molecule has 1 aliphatic rings. The third kappa shape index (κ3) is 3.86. The first-order chi connectivity index (χ1) is 9.63. The lowest BCUT2D eigenvalue weighted by molar-refractivity contribution is -0.00776. The van der Waals surface area contributed by atoms with Crippen LogP contribution in [-0.4, -0.2) is 37.7 Å². The molecule has 0 aliphatic carbocycles. The van der Waals surface area contributed by atoms with Gasteiger partial charge in [-0.2, -0.15) is 0 Å². The summed E-state index contributed by atoms with van der Waals surface area (Å²) >= 11 is 12.6. The van der Waals surface area contributed by atoms with E-state index in [-0.39, 0.29) is 12.1 Å². The first kappa shape index (κ1) is 16.1. The minimum atomic E-state index is 0.0155. The van der Waals surface area contributed by atoms with Crippen molar-refractivity contribution >= 4 is 23.2 Å². The van der Waals surface area contributed by atoms with Gasteiger partial charge in [-0.25, -0.2) is 0 Å². The summed E-state index contributed by atoms with van der Waals surface area (Å²) in [6.45, 7) is 2.19. The van der Waals surface area contributed by atoms with Crippen molar-refractivity contribution in [1.82, 2.24) is 4.90 Å². The summed E-state index contributed by atoms with van der Waals surface area (Å²) in [5.74, 6) is 0. The fourth-order valence-corrected chi connectivity index (χ4v) is 3.40. The van der Waals surface area contributed by atoms with Gasteiger partial charge in [0, 0.05) is 41.3 Å². The molecule has 1 aromatic carbocycles. The number of benzene rings is 1. The standard InChI is InChI=1S/C15H22Cl2N2O/c1-19(10-11-5-2-3-8-20-11)14(9-18)15-12(16)6-4-7-13(15)17/h4,6-7,11,14H,2-3,5,8-10,18H2,1H3. The van der Waals surface area contributed by atoms with Crippen LogP contribution in [0.15, 0.2) is 18.2 Å². The van der Waals surface area contributed by atoms with Crippen LogP contribution in [0, 0.1) is 0 Å². The smallest absolute Gasteiger partial charge is 0.0702 e. The van der Waals surface area contributed by atoms with Gasteiger partial charge in [-0.15, -0.1) is 0 Å². The van der Waals surface area contributed by atoms with Gasteiger partial charge in [0.15, 0.2) is 0 Å². The van der Waals surface area contributed by atoms with E-state index in [0.29, 0.717) is 16.6 Å². The van der Waals surface area contributed by atoms with Crippen LogP contribution in [0.3, 0.4) is 0 Å². The Kier molecular flexibility index (Phi) is 6.12. The molecule has 20 heavy (non-hydrogen) atoms. The first-order valence-electron chi connectivity index (χ1n) is 7.09. The molecule has 1 aromatic rings. The number of hydrogen-bond acceptors (Lipinski definition) is 3. The van der Waals surface area contributed by atoms with E-state index in [1.165, 1.54) is 6.42 Å². The molecule has 1 heterocycles. The van der Waals surface area contributed by atoms with Gasteiger partial charge in [0.2, 0.25) is 0 Å². The van der Waals surface area contributed by atoms with E-state index in [4.69, 9.17) is 33.7 Å². The topological polar surface area (TPSA) is 38.5 Å². The molecule has 5 heteroatoms. The number of nitrogens with two attached hydrogens (primary N) is 1. The van der Waals surface area contributed by atoms with Crippen molar-refractivity contribution in [2.24, 2.45) is 5.73 Å². The molecule has 1 fully saturated rings. The highest BCUT2D eigenvalue weighted by Crippen LogP contribution is 2.33. The van der Waals surface area contributed by atoms with Gasteiger partial charge in [0.1, 0.15) is 0 Å². The lowest BCUT2D eigenvalue weighted by atomic mass is 10.0. The molecule has 0 spiro atoms. The van der Waals surface area contributed by atoms with Crippen molar-refractivity contribution in [2.45, 2.75) is 31.4 Å². The minimum Gasteiger partial charge on any atom is -0.377 e. The molecular formula is C15H22Cl2N2O. The Morgan fingerprint density at radius 1 is 1.35 bits per heavy atom. The highest BCUT2D eigenvalue weighted by atomic mass is 35.5. The summed E-state index contributed by atoms with van der Waals surface area (Å²) in [6.07, 6.45) is 3.79. The van der Waals surface area contributed by atoms with E-state index in [1.54, 1.807) is 0 Å². The number of halogens is 2. The van der Waals surface area contributed by atoms with Gasteiger partial charge in [0.05, 0.1) is 6.10 Å². The monoisotopic (exact) mass is 316 g/mol. The number of hydrogen-bond donors (Lipinski definition) is 1. The maximum Gasteiger partial charge on any atom is 0.0702 e. The highest BCUT2D eigenvalue weighted by Gasteiger charge is 2.24. The average molecular weight is 317 g/mol. The second-order valence-electron chi connectivity index (χ2n) is 5.31. The Labute approximate surface area is 131 Å². The zero-order valence-corrected chi connectivity index (χ0v) is 13.3. The van der Waals surface area contributed by atoms with Crippen molar-refractivity contribution in [2.75, 3.05) is 26.7 Å². The fourth-order valence-electron chi connectivity index (χ4n) is 2.75. The lowest BCUT2D eigenvalue weighted by Crippen LogP contribution is -2.38. The molecule has 3 nitrogen and oxygen atoms in total. The largest absolute Gasteiger partial charge is 0.377 e. The Morgan fingerprint density at radius 2 is 2.05 bits per heavy atom. The van der Waals surface area contributed by atoms with Gasteiger partial charge < -0.3 is 10.5 Å². The van der Waals surface area contributed by atoms with Crippen LogP contribution in [0.25, 0.3) is 0 Å². The van der Waals surface area contributed by atoms with Crippen molar-refractivity contribution in [3.8, 4) is 0 Å². The normalized spacial score (nSPS) is 21.1. The third-order valence-electron chi connectivity index (χ3n) is 3.85. The van der Waals surface area contributed by atoms with Crippen LogP contribution in [0.2, 0.25) is 10.0 Å². The Hall–Kier alpha value is -0.320. The molecule has 1 aliphatic heterocycles.